The third-order valence-electron chi connectivity index (χ3n) is 3.54. The Hall–Kier alpha value is -1.51. The van der Waals surface area contributed by atoms with Crippen LogP contribution >= 0.6 is 0 Å². The Balaban J connectivity index is 2.41. The van der Waals surface area contributed by atoms with E-state index in [4.69, 9.17) is 11.1 Å². The summed E-state index contributed by atoms with van der Waals surface area (Å²) in [6.07, 6.45) is 1.21. The number of hydrogen-bond donors (Lipinski definition) is 2. The Labute approximate surface area is 103 Å². The van der Waals surface area contributed by atoms with Crippen LogP contribution in [0.25, 0.3) is 0 Å². The first-order valence-electron chi connectivity index (χ1n) is 6.20. The molecule has 2 unspecified atom stereocenters. The summed E-state index contributed by atoms with van der Waals surface area (Å²) < 4.78 is 0. The maximum atomic E-state index is 7.70. The van der Waals surface area contributed by atoms with Gasteiger partial charge >= 0.3 is 0 Å². The molecule has 1 aliphatic rings. The van der Waals surface area contributed by atoms with Crippen molar-refractivity contribution in [3.05, 3.63) is 29.3 Å². The molecule has 3 heteroatoms. The molecule has 3 nitrogen and oxygen atoms in total. The second kappa shape index (κ2) is 4.40. The van der Waals surface area contributed by atoms with Crippen molar-refractivity contribution in [2.45, 2.75) is 33.2 Å². The van der Waals surface area contributed by atoms with E-state index < -0.39 is 0 Å². The average Bonchev–Trinajstić information content (AvgIpc) is 2.57. The minimum Gasteiger partial charge on any atom is -0.384 e. The molecular formula is C14H21N3. The molecule has 2 atom stereocenters. The fraction of sp³-hybridized carbons (Fsp3) is 0.500. The SMILES string of the molecule is Cc1ccc(N2CC(C)CC2C)c(C(=N)N)c1. The Morgan fingerprint density at radius 3 is 2.65 bits per heavy atom. The molecule has 1 fully saturated rings. The average molecular weight is 231 g/mol. The minimum absolute atomic E-state index is 0.162. The van der Waals surface area contributed by atoms with Gasteiger partial charge in [-0.1, -0.05) is 18.6 Å². The van der Waals surface area contributed by atoms with Gasteiger partial charge in [-0.25, -0.2) is 0 Å². The summed E-state index contributed by atoms with van der Waals surface area (Å²) in [6, 6.07) is 6.73. The van der Waals surface area contributed by atoms with E-state index in [0.29, 0.717) is 12.0 Å². The molecule has 92 valence electrons. The zero-order valence-corrected chi connectivity index (χ0v) is 10.8. The fourth-order valence-electron chi connectivity index (χ4n) is 2.75. The van der Waals surface area contributed by atoms with Crippen LogP contribution in [0.15, 0.2) is 18.2 Å². The van der Waals surface area contributed by atoms with Crippen molar-refractivity contribution >= 4 is 11.5 Å². The van der Waals surface area contributed by atoms with E-state index in [1.54, 1.807) is 0 Å². The Kier molecular flexibility index (Phi) is 3.09. The van der Waals surface area contributed by atoms with Crippen molar-refractivity contribution in [3.63, 3.8) is 0 Å². The monoisotopic (exact) mass is 231 g/mol. The van der Waals surface area contributed by atoms with E-state index in [1.807, 2.05) is 13.0 Å². The number of nitrogen functional groups attached to an aromatic ring is 1. The highest BCUT2D eigenvalue weighted by molar-refractivity contribution is 6.00. The number of anilines is 1. The first-order chi connectivity index (χ1) is 7.99. The number of aryl methyl sites for hydroxylation is 1. The predicted octanol–water partition coefficient (Wildman–Crippen LogP) is 2.51. The molecule has 0 bridgehead atoms. The van der Waals surface area contributed by atoms with Gasteiger partial charge in [0.2, 0.25) is 0 Å². The second-order valence-corrected chi connectivity index (χ2v) is 5.28. The first kappa shape index (κ1) is 12.0. The van der Waals surface area contributed by atoms with Crippen molar-refractivity contribution in [2.75, 3.05) is 11.4 Å². The highest BCUT2D eigenvalue weighted by Gasteiger charge is 2.27. The van der Waals surface area contributed by atoms with Gasteiger partial charge in [-0.05, 0) is 38.3 Å². The van der Waals surface area contributed by atoms with Crippen LogP contribution in [0.5, 0.6) is 0 Å². The van der Waals surface area contributed by atoms with E-state index >= 15 is 0 Å². The molecule has 0 amide bonds. The molecule has 0 radical (unpaired) electrons. The van der Waals surface area contributed by atoms with Crippen LogP contribution in [0, 0.1) is 18.3 Å². The third-order valence-corrected chi connectivity index (χ3v) is 3.54. The molecule has 1 heterocycles. The Morgan fingerprint density at radius 1 is 1.41 bits per heavy atom. The summed E-state index contributed by atoms with van der Waals surface area (Å²) in [7, 11) is 0. The largest absolute Gasteiger partial charge is 0.384 e. The van der Waals surface area contributed by atoms with Gasteiger partial charge in [0.05, 0.1) is 0 Å². The molecule has 1 aromatic rings. The summed E-state index contributed by atoms with van der Waals surface area (Å²) in [5, 5.41) is 7.70. The number of hydrogen-bond acceptors (Lipinski definition) is 2. The molecule has 0 saturated carbocycles. The molecule has 0 aliphatic carbocycles. The second-order valence-electron chi connectivity index (χ2n) is 5.28. The maximum Gasteiger partial charge on any atom is 0.124 e. The zero-order valence-electron chi connectivity index (χ0n) is 10.8. The van der Waals surface area contributed by atoms with Gasteiger partial charge in [0.25, 0.3) is 0 Å². The normalized spacial score (nSPS) is 24.1. The quantitative estimate of drug-likeness (QED) is 0.607. The standard InChI is InChI=1S/C14H21N3/c1-9-4-5-13(12(7-9)14(15)16)17-8-10(2)6-11(17)3/h4-5,7,10-11H,6,8H2,1-3H3,(H3,15,16). The molecule has 17 heavy (non-hydrogen) atoms. The first-order valence-corrected chi connectivity index (χ1v) is 6.20. The summed E-state index contributed by atoms with van der Waals surface area (Å²) in [4.78, 5) is 2.38. The lowest BCUT2D eigenvalue weighted by Crippen LogP contribution is -2.29. The lowest BCUT2D eigenvalue weighted by molar-refractivity contribution is 0.625. The topological polar surface area (TPSA) is 53.1 Å². The number of rotatable bonds is 2. The van der Waals surface area contributed by atoms with Crippen molar-refractivity contribution in [1.29, 1.82) is 5.41 Å². The van der Waals surface area contributed by atoms with Gasteiger partial charge in [-0.2, -0.15) is 0 Å². The van der Waals surface area contributed by atoms with Crippen LogP contribution in [0.3, 0.4) is 0 Å². The molecule has 3 N–H and O–H groups in total. The minimum atomic E-state index is 0.162. The number of nitrogens with one attached hydrogen (secondary N) is 1. The van der Waals surface area contributed by atoms with Crippen LogP contribution in [0.4, 0.5) is 5.69 Å². The summed E-state index contributed by atoms with van der Waals surface area (Å²) in [6.45, 7) is 7.61. The van der Waals surface area contributed by atoms with Crippen LogP contribution in [0.1, 0.15) is 31.4 Å². The van der Waals surface area contributed by atoms with Crippen molar-refractivity contribution in [3.8, 4) is 0 Å². The van der Waals surface area contributed by atoms with Crippen LogP contribution in [-0.4, -0.2) is 18.4 Å². The lowest BCUT2D eigenvalue weighted by atomic mass is 10.1. The van der Waals surface area contributed by atoms with Gasteiger partial charge in [-0.3, -0.25) is 5.41 Å². The van der Waals surface area contributed by atoms with Gasteiger partial charge < -0.3 is 10.6 Å². The molecule has 1 saturated heterocycles. The van der Waals surface area contributed by atoms with Crippen molar-refractivity contribution < 1.29 is 0 Å². The molecule has 1 aliphatic heterocycles. The molecule has 2 rings (SSSR count). The number of benzene rings is 1. The number of nitrogens with zero attached hydrogens (tertiary/aromatic N) is 1. The van der Waals surface area contributed by atoms with Crippen LogP contribution in [0.2, 0.25) is 0 Å². The predicted molar refractivity (Wildman–Crippen MR) is 72.8 cm³/mol. The molecule has 0 spiro atoms. The van der Waals surface area contributed by atoms with Gasteiger partial charge in [-0.15, -0.1) is 0 Å². The fourth-order valence-corrected chi connectivity index (χ4v) is 2.75. The number of amidine groups is 1. The van der Waals surface area contributed by atoms with Crippen molar-refractivity contribution in [1.82, 2.24) is 0 Å². The van der Waals surface area contributed by atoms with Gasteiger partial charge in [0.1, 0.15) is 5.84 Å². The maximum absolute atomic E-state index is 7.70. The highest BCUT2D eigenvalue weighted by Crippen LogP contribution is 2.31. The molecular weight excluding hydrogens is 210 g/mol. The smallest absolute Gasteiger partial charge is 0.124 e. The van der Waals surface area contributed by atoms with E-state index in [0.717, 1.165) is 23.4 Å². The van der Waals surface area contributed by atoms with Gasteiger partial charge in [0.15, 0.2) is 0 Å². The van der Waals surface area contributed by atoms with Crippen LogP contribution < -0.4 is 10.6 Å². The van der Waals surface area contributed by atoms with E-state index in [-0.39, 0.29) is 5.84 Å². The van der Waals surface area contributed by atoms with Crippen molar-refractivity contribution in [2.24, 2.45) is 11.7 Å². The summed E-state index contributed by atoms with van der Waals surface area (Å²) >= 11 is 0. The lowest BCUT2D eigenvalue weighted by Gasteiger charge is -2.26. The third kappa shape index (κ3) is 2.28. The van der Waals surface area contributed by atoms with Gasteiger partial charge in [0, 0.05) is 23.8 Å². The molecule has 0 aromatic heterocycles. The van der Waals surface area contributed by atoms with E-state index in [1.165, 1.54) is 6.42 Å². The Bertz CT molecular complexity index is 439. The summed E-state index contributed by atoms with van der Waals surface area (Å²) in [5.74, 6) is 0.876. The summed E-state index contributed by atoms with van der Waals surface area (Å²) in [5.41, 5.74) is 8.82. The zero-order chi connectivity index (χ0) is 12.6. The van der Waals surface area contributed by atoms with Crippen LogP contribution in [-0.2, 0) is 0 Å². The Morgan fingerprint density at radius 2 is 2.12 bits per heavy atom. The van der Waals surface area contributed by atoms with E-state index in [2.05, 4.69) is 30.9 Å². The highest BCUT2D eigenvalue weighted by atomic mass is 15.2. The molecule has 1 aromatic carbocycles. The van der Waals surface area contributed by atoms with E-state index in [9.17, 15) is 0 Å². The number of nitrogens with two attached hydrogens (primary N) is 1.